The summed E-state index contributed by atoms with van der Waals surface area (Å²) in [5.41, 5.74) is 4.14. The molecule has 2 aromatic rings. The summed E-state index contributed by atoms with van der Waals surface area (Å²) >= 11 is 0. The average molecular weight is 382 g/mol. The molecule has 2 rings (SSSR count). The number of Topliss-reactive ketones (excluding diaryl/α,β-unsaturated/α-hetero) is 1. The van der Waals surface area contributed by atoms with E-state index in [0.29, 0.717) is 0 Å². The molecular weight excluding hydrogens is 368 g/mol. The Morgan fingerprint density at radius 1 is 1.27 bits per heavy atom. The number of carbonyl (C=O) groups excluding carboxylic acids is 2. The van der Waals surface area contributed by atoms with Crippen LogP contribution in [0, 0.1) is 17.0 Å². The molecule has 0 unspecified atom stereocenters. The number of furan rings is 1. The molecule has 0 bridgehead atoms. The van der Waals surface area contributed by atoms with Gasteiger partial charge in [0.1, 0.15) is 17.0 Å². The first-order chi connectivity index (χ1) is 11.9. The fourth-order valence-electron chi connectivity index (χ4n) is 2.36. The van der Waals surface area contributed by atoms with E-state index in [0.717, 1.165) is 18.2 Å². The zero-order chi connectivity index (χ0) is 19.8. The predicted molar refractivity (Wildman–Crippen MR) is 89.7 cm³/mol. The zero-order valence-corrected chi connectivity index (χ0v) is 14.4. The quantitative estimate of drug-likeness (QED) is 0.377. The lowest BCUT2D eigenvalue weighted by Crippen LogP contribution is -2.16. The normalized spacial score (nSPS) is 11.2. The monoisotopic (exact) mass is 382 g/mol. The van der Waals surface area contributed by atoms with Crippen LogP contribution in [0.4, 0.5) is 17.3 Å². The van der Waals surface area contributed by atoms with Gasteiger partial charge in [-0.2, -0.15) is 0 Å². The molecule has 1 aromatic carbocycles. The highest BCUT2D eigenvalue weighted by Gasteiger charge is 2.27. The van der Waals surface area contributed by atoms with E-state index < -0.39 is 37.2 Å². The number of hydrogen-bond donors (Lipinski definition) is 3. The van der Waals surface area contributed by atoms with Gasteiger partial charge >= 0.3 is 0 Å². The van der Waals surface area contributed by atoms with Crippen LogP contribution in [-0.4, -0.2) is 25.0 Å². The Kier molecular flexibility index (Phi) is 4.82. The van der Waals surface area contributed by atoms with E-state index in [4.69, 9.17) is 15.3 Å². The summed E-state index contributed by atoms with van der Waals surface area (Å²) in [6, 6.07) is 2.87. The maximum Gasteiger partial charge on any atom is 0.294 e. The number of carbonyl (C=O) groups is 2. The number of primary amides is 1. The average Bonchev–Trinajstić information content (AvgIpc) is 2.82. The van der Waals surface area contributed by atoms with Crippen LogP contribution in [0.15, 0.2) is 27.5 Å². The van der Waals surface area contributed by atoms with Gasteiger partial charge in [0.2, 0.25) is 15.9 Å². The van der Waals surface area contributed by atoms with Crippen molar-refractivity contribution >= 4 is 39.0 Å². The fourth-order valence-corrected chi connectivity index (χ4v) is 2.89. The number of hydrogen-bond acceptors (Lipinski definition) is 8. The standard InChI is InChI=1S/C14H14N4O7S/c1-6(19)11-7(2)25-14(12(11)13(15)20)17-9-4-3-8(26(16,23)24)5-10(9)18(21)22/h3-5,17H,1-2H3,(H2,15,20)(H2,16,23,24). The molecule has 1 aromatic heterocycles. The predicted octanol–water partition coefficient (Wildman–Crippen LogP) is 1.19. The maximum absolute atomic E-state index is 11.7. The molecular formula is C14H14N4O7S. The smallest absolute Gasteiger partial charge is 0.294 e. The summed E-state index contributed by atoms with van der Waals surface area (Å²) in [6.45, 7) is 2.63. The first-order valence-corrected chi connectivity index (χ1v) is 8.50. The van der Waals surface area contributed by atoms with E-state index in [1.165, 1.54) is 13.8 Å². The number of nitro benzene ring substituents is 1. The Bertz CT molecular complexity index is 1040. The summed E-state index contributed by atoms with van der Waals surface area (Å²) in [4.78, 5) is 33.3. The molecule has 0 saturated heterocycles. The number of aryl methyl sites for hydroxylation is 1. The minimum absolute atomic E-state index is 0.0520. The molecule has 0 aliphatic heterocycles. The van der Waals surface area contributed by atoms with E-state index in [1.54, 1.807) is 0 Å². The SMILES string of the molecule is CC(=O)c1c(C)oc(Nc2ccc(S(N)(=O)=O)cc2[N+](=O)[O-])c1C(N)=O. The first-order valence-electron chi connectivity index (χ1n) is 6.96. The second-order valence-corrected chi connectivity index (χ2v) is 6.83. The van der Waals surface area contributed by atoms with Crippen LogP contribution >= 0.6 is 0 Å². The number of sulfonamides is 1. The van der Waals surface area contributed by atoms with Gasteiger partial charge in [0.05, 0.1) is 15.4 Å². The van der Waals surface area contributed by atoms with Gasteiger partial charge in [-0.3, -0.25) is 19.7 Å². The summed E-state index contributed by atoms with van der Waals surface area (Å²) in [6.07, 6.45) is 0. The van der Waals surface area contributed by atoms with Gasteiger partial charge in [0.25, 0.3) is 11.6 Å². The van der Waals surface area contributed by atoms with Crippen LogP contribution in [0.3, 0.4) is 0 Å². The number of primary sulfonamides is 1. The third-order valence-corrected chi connectivity index (χ3v) is 4.34. The van der Waals surface area contributed by atoms with Crippen molar-refractivity contribution in [2.45, 2.75) is 18.7 Å². The highest BCUT2D eigenvalue weighted by molar-refractivity contribution is 7.89. The second-order valence-electron chi connectivity index (χ2n) is 5.26. The van der Waals surface area contributed by atoms with Crippen molar-refractivity contribution in [3.63, 3.8) is 0 Å². The van der Waals surface area contributed by atoms with E-state index >= 15 is 0 Å². The molecule has 0 aliphatic rings. The molecule has 11 nitrogen and oxygen atoms in total. The number of nitrogens with zero attached hydrogens (tertiary/aromatic N) is 1. The third-order valence-electron chi connectivity index (χ3n) is 3.43. The maximum atomic E-state index is 11.7. The van der Waals surface area contributed by atoms with Crippen LogP contribution in [0.2, 0.25) is 0 Å². The van der Waals surface area contributed by atoms with Crippen molar-refractivity contribution in [3.05, 3.63) is 45.2 Å². The molecule has 138 valence electrons. The van der Waals surface area contributed by atoms with Gasteiger partial charge in [-0.15, -0.1) is 0 Å². The Morgan fingerprint density at radius 2 is 1.88 bits per heavy atom. The summed E-state index contributed by atoms with van der Waals surface area (Å²) < 4.78 is 28.0. The van der Waals surface area contributed by atoms with Crippen molar-refractivity contribution in [3.8, 4) is 0 Å². The van der Waals surface area contributed by atoms with E-state index in [9.17, 15) is 28.1 Å². The lowest BCUT2D eigenvalue weighted by Gasteiger charge is -2.07. The number of amides is 1. The number of nitrogens with two attached hydrogens (primary N) is 2. The van der Waals surface area contributed by atoms with Gasteiger partial charge in [0, 0.05) is 6.07 Å². The van der Waals surface area contributed by atoms with Gasteiger partial charge in [0.15, 0.2) is 5.78 Å². The number of nitro groups is 1. The third kappa shape index (κ3) is 3.55. The van der Waals surface area contributed by atoms with Crippen LogP contribution in [0.1, 0.15) is 33.4 Å². The van der Waals surface area contributed by atoms with Crippen molar-refractivity contribution < 1.29 is 27.3 Å². The molecule has 0 saturated carbocycles. The van der Waals surface area contributed by atoms with Gasteiger partial charge < -0.3 is 15.5 Å². The second kappa shape index (κ2) is 6.57. The van der Waals surface area contributed by atoms with Gasteiger partial charge in [-0.25, -0.2) is 13.6 Å². The Labute approximate surface area is 147 Å². The van der Waals surface area contributed by atoms with Crippen LogP contribution in [-0.2, 0) is 10.0 Å². The fraction of sp³-hybridized carbons (Fsp3) is 0.143. The Morgan fingerprint density at radius 3 is 2.35 bits per heavy atom. The van der Waals surface area contributed by atoms with Crippen LogP contribution in [0.25, 0.3) is 0 Å². The van der Waals surface area contributed by atoms with Gasteiger partial charge in [-0.1, -0.05) is 0 Å². The van der Waals surface area contributed by atoms with Crippen molar-refractivity contribution in [2.24, 2.45) is 10.9 Å². The van der Waals surface area contributed by atoms with Crippen LogP contribution < -0.4 is 16.2 Å². The first kappa shape index (κ1) is 19.1. The van der Waals surface area contributed by atoms with E-state index in [2.05, 4.69) is 5.32 Å². The summed E-state index contributed by atoms with van der Waals surface area (Å²) in [7, 11) is -4.16. The zero-order valence-electron chi connectivity index (χ0n) is 13.6. The number of anilines is 2. The number of nitrogens with one attached hydrogen (secondary N) is 1. The highest BCUT2D eigenvalue weighted by Crippen LogP contribution is 2.34. The molecule has 0 aliphatic carbocycles. The van der Waals surface area contributed by atoms with Crippen molar-refractivity contribution in [1.82, 2.24) is 0 Å². The largest absolute Gasteiger partial charge is 0.444 e. The molecule has 1 heterocycles. The topological polar surface area (TPSA) is 189 Å². The Balaban J connectivity index is 2.63. The molecule has 5 N–H and O–H groups in total. The lowest BCUT2D eigenvalue weighted by atomic mass is 10.1. The van der Waals surface area contributed by atoms with Crippen molar-refractivity contribution in [1.29, 1.82) is 0 Å². The van der Waals surface area contributed by atoms with Crippen molar-refractivity contribution in [2.75, 3.05) is 5.32 Å². The molecule has 0 spiro atoms. The van der Waals surface area contributed by atoms with E-state index in [1.807, 2.05) is 0 Å². The molecule has 26 heavy (non-hydrogen) atoms. The summed E-state index contributed by atoms with van der Waals surface area (Å²) in [5, 5.41) is 18.7. The van der Waals surface area contributed by atoms with Gasteiger partial charge in [-0.05, 0) is 26.0 Å². The highest BCUT2D eigenvalue weighted by atomic mass is 32.2. The molecule has 1 amide bonds. The molecule has 0 atom stereocenters. The minimum atomic E-state index is -4.16. The molecule has 0 fully saturated rings. The number of ketones is 1. The summed E-state index contributed by atoms with van der Waals surface area (Å²) in [5.74, 6) is -1.63. The van der Waals surface area contributed by atoms with E-state index in [-0.39, 0.29) is 28.5 Å². The Hall–Kier alpha value is -3.25. The minimum Gasteiger partial charge on any atom is -0.444 e. The lowest BCUT2D eigenvalue weighted by molar-refractivity contribution is -0.384. The molecule has 12 heteroatoms. The number of benzene rings is 1. The van der Waals surface area contributed by atoms with Crippen LogP contribution in [0.5, 0.6) is 0 Å². The molecule has 0 radical (unpaired) electrons. The number of rotatable bonds is 6.